The molecule has 140 valence electrons. The van der Waals surface area contributed by atoms with E-state index in [0.717, 1.165) is 4.57 Å². The molecule has 0 aliphatic heterocycles. The first-order valence-corrected chi connectivity index (χ1v) is 8.51. The highest BCUT2D eigenvalue weighted by Gasteiger charge is 2.18. The van der Waals surface area contributed by atoms with Crippen LogP contribution in [-0.2, 0) is 19.6 Å². The lowest BCUT2D eigenvalue weighted by molar-refractivity contribution is -0.385. The third-order valence-corrected chi connectivity index (χ3v) is 4.01. The highest BCUT2D eigenvalue weighted by Crippen LogP contribution is 2.20. The Balaban J connectivity index is 2.48. The molecule has 0 fully saturated rings. The molecule has 26 heavy (non-hydrogen) atoms. The van der Waals surface area contributed by atoms with Crippen LogP contribution in [0.15, 0.2) is 33.9 Å². The fourth-order valence-corrected chi connectivity index (χ4v) is 2.76. The number of nitrogens with one attached hydrogen (secondary N) is 1. The van der Waals surface area contributed by atoms with Gasteiger partial charge in [0.05, 0.1) is 4.92 Å². The molecule has 3 N–H and O–H groups in total. The molecular weight excluding hydrogens is 338 g/mol. The Kier molecular flexibility index (Phi) is 6.16. The van der Waals surface area contributed by atoms with Crippen LogP contribution in [0.25, 0.3) is 0 Å². The van der Waals surface area contributed by atoms with Crippen molar-refractivity contribution in [2.75, 3.05) is 11.1 Å². The monoisotopic (exact) mass is 361 g/mol. The lowest BCUT2D eigenvalue weighted by Crippen LogP contribution is -2.42. The normalized spacial score (nSPS) is 10.7. The number of aromatic nitrogens is 2. The summed E-state index contributed by atoms with van der Waals surface area (Å²) < 4.78 is 2.51. The minimum atomic E-state index is -0.514. The maximum absolute atomic E-state index is 12.7. The van der Waals surface area contributed by atoms with Crippen LogP contribution in [0.3, 0.4) is 0 Å². The van der Waals surface area contributed by atoms with Gasteiger partial charge in [0, 0.05) is 31.3 Å². The van der Waals surface area contributed by atoms with Gasteiger partial charge in [-0.25, -0.2) is 4.79 Å². The molecule has 0 saturated heterocycles. The van der Waals surface area contributed by atoms with Crippen molar-refractivity contribution in [3.8, 4) is 0 Å². The second-order valence-corrected chi connectivity index (χ2v) is 5.89. The Morgan fingerprint density at radius 2 is 1.73 bits per heavy atom. The summed E-state index contributed by atoms with van der Waals surface area (Å²) in [4.78, 5) is 35.8. The van der Waals surface area contributed by atoms with E-state index < -0.39 is 16.2 Å². The van der Waals surface area contributed by atoms with Crippen molar-refractivity contribution < 1.29 is 4.92 Å². The molecule has 0 atom stereocenters. The summed E-state index contributed by atoms with van der Waals surface area (Å²) in [6, 6.07) is 6.26. The van der Waals surface area contributed by atoms with E-state index in [1.54, 1.807) is 18.2 Å². The van der Waals surface area contributed by atoms with Crippen molar-refractivity contribution in [2.24, 2.45) is 0 Å². The Bertz CT molecular complexity index is 916. The molecule has 2 aromatic rings. The molecule has 2 rings (SSSR count). The summed E-state index contributed by atoms with van der Waals surface area (Å²) in [5, 5.41) is 14.0. The molecule has 0 bridgehead atoms. The van der Waals surface area contributed by atoms with Gasteiger partial charge in [-0.2, -0.15) is 0 Å². The topological polar surface area (TPSA) is 125 Å². The molecule has 9 nitrogen and oxygen atoms in total. The maximum atomic E-state index is 12.7. The fourth-order valence-electron chi connectivity index (χ4n) is 2.76. The molecule has 0 radical (unpaired) electrons. The fraction of sp³-hybridized carbons (Fsp3) is 0.412. The van der Waals surface area contributed by atoms with Gasteiger partial charge >= 0.3 is 5.69 Å². The predicted octanol–water partition coefficient (Wildman–Crippen LogP) is 1.93. The van der Waals surface area contributed by atoms with Crippen LogP contribution in [0.5, 0.6) is 0 Å². The Morgan fingerprint density at radius 3 is 2.35 bits per heavy atom. The number of para-hydroxylation sites is 1. The third-order valence-electron chi connectivity index (χ3n) is 4.01. The second kappa shape index (κ2) is 8.32. The van der Waals surface area contributed by atoms with Crippen LogP contribution in [-0.4, -0.2) is 14.1 Å². The average molecular weight is 361 g/mol. The number of nitrogens with zero attached hydrogens (tertiary/aromatic N) is 3. The number of rotatable bonds is 8. The van der Waals surface area contributed by atoms with Crippen molar-refractivity contribution in [1.29, 1.82) is 0 Å². The highest BCUT2D eigenvalue weighted by atomic mass is 16.6. The standard InChI is InChI=1S/C17H23N5O4/c1-3-9-20-15(18)14(16(23)21(10-4-2)17(20)24)19-11-12-7-5-6-8-13(12)22(25)26/h5-8,19H,3-4,9-11,18H2,1-2H3. The van der Waals surface area contributed by atoms with Crippen LogP contribution < -0.4 is 22.3 Å². The molecule has 1 aromatic heterocycles. The van der Waals surface area contributed by atoms with Gasteiger partial charge < -0.3 is 11.1 Å². The van der Waals surface area contributed by atoms with E-state index in [0.29, 0.717) is 24.9 Å². The lowest BCUT2D eigenvalue weighted by Gasteiger charge is -2.17. The molecule has 1 heterocycles. The lowest BCUT2D eigenvalue weighted by atomic mass is 10.2. The van der Waals surface area contributed by atoms with Crippen LogP contribution in [0, 0.1) is 10.1 Å². The quantitative estimate of drug-likeness (QED) is 0.547. The van der Waals surface area contributed by atoms with Gasteiger partial charge in [-0.15, -0.1) is 0 Å². The highest BCUT2D eigenvalue weighted by molar-refractivity contribution is 5.61. The molecule has 1 aromatic carbocycles. The van der Waals surface area contributed by atoms with Gasteiger partial charge in [0.15, 0.2) is 0 Å². The molecule has 0 saturated carbocycles. The zero-order chi connectivity index (χ0) is 19.3. The molecule has 0 amide bonds. The van der Waals surface area contributed by atoms with Gasteiger partial charge in [-0.3, -0.25) is 24.0 Å². The number of anilines is 2. The number of nitrogen functional groups attached to an aromatic ring is 1. The van der Waals surface area contributed by atoms with E-state index in [-0.39, 0.29) is 30.3 Å². The third kappa shape index (κ3) is 3.76. The van der Waals surface area contributed by atoms with E-state index >= 15 is 0 Å². The molecule has 0 spiro atoms. The van der Waals surface area contributed by atoms with Gasteiger partial charge in [0.1, 0.15) is 11.5 Å². The SMILES string of the molecule is CCCn1c(N)c(NCc2ccccc2[N+](=O)[O-])c(=O)n(CCC)c1=O. The van der Waals surface area contributed by atoms with Crippen molar-refractivity contribution in [2.45, 2.75) is 46.3 Å². The zero-order valence-corrected chi connectivity index (χ0v) is 14.9. The first-order chi connectivity index (χ1) is 12.4. The molecule has 0 aliphatic carbocycles. The van der Waals surface area contributed by atoms with E-state index in [2.05, 4.69) is 5.32 Å². The Hall–Kier alpha value is -3.10. The maximum Gasteiger partial charge on any atom is 0.332 e. The van der Waals surface area contributed by atoms with Crippen LogP contribution in [0.1, 0.15) is 32.3 Å². The van der Waals surface area contributed by atoms with Crippen molar-refractivity contribution in [3.05, 3.63) is 60.8 Å². The van der Waals surface area contributed by atoms with Gasteiger partial charge in [-0.1, -0.05) is 32.0 Å². The van der Waals surface area contributed by atoms with E-state index in [1.165, 1.54) is 10.6 Å². The van der Waals surface area contributed by atoms with Crippen molar-refractivity contribution >= 4 is 17.2 Å². The summed E-state index contributed by atoms with van der Waals surface area (Å²) in [5.41, 5.74) is 5.56. The van der Waals surface area contributed by atoms with E-state index in [9.17, 15) is 19.7 Å². The first-order valence-electron chi connectivity index (χ1n) is 8.51. The van der Waals surface area contributed by atoms with Gasteiger partial charge in [0.2, 0.25) is 0 Å². The number of nitro benzene ring substituents is 1. The van der Waals surface area contributed by atoms with Crippen LogP contribution in [0.2, 0.25) is 0 Å². The average Bonchev–Trinajstić information content (AvgIpc) is 2.62. The molecule has 9 heteroatoms. The van der Waals surface area contributed by atoms with Gasteiger partial charge in [0.25, 0.3) is 11.2 Å². The van der Waals surface area contributed by atoms with Crippen LogP contribution in [0.4, 0.5) is 17.2 Å². The molecule has 0 unspecified atom stereocenters. The zero-order valence-electron chi connectivity index (χ0n) is 14.9. The molecular formula is C17H23N5O4. The minimum Gasteiger partial charge on any atom is -0.383 e. The van der Waals surface area contributed by atoms with Gasteiger partial charge in [-0.05, 0) is 12.8 Å². The summed E-state index contributed by atoms with van der Waals surface area (Å²) in [6.45, 7) is 4.48. The van der Waals surface area contributed by atoms with E-state index in [4.69, 9.17) is 5.73 Å². The Morgan fingerprint density at radius 1 is 1.12 bits per heavy atom. The Labute approximate surface area is 150 Å². The molecule has 0 aliphatic rings. The largest absolute Gasteiger partial charge is 0.383 e. The van der Waals surface area contributed by atoms with Crippen molar-refractivity contribution in [3.63, 3.8) is 0 Å². The summed E-state index contributed by atoms with van der Waals surface area (Å²) in [6.07, 6.45) is 1.30. The van der Waals surface area contributed by atoms with Crippen LogP contribution >= 0.6 is 0 Å². The smallest absolute Gasteiger partial charge is 0.332 e. The minimum absolute atomic E-state index is 0.0469. The number of benzene rings is 1. The number of hydrogen-bond donors (Lipinski definition) is 2. The summed E-state index contributed by atoms with van der Waals surface area (Å²) in [5.74, 6) is 0.0489. The van der Waals surface area contributed by atoms with E-state index in [1.807, 2.05) is 13.8 Å². The summed E-state index contributed by atoms with van der Waals surface area (Å²) in [7, 11) is 0. The van der Waals surface area contributed by atoms with Crippen molar-refractivity contribution in [1.82, 2.24) is 9.13 Å². The predicted molar refractivity (Wildman–Crippen MR) is 100 cm³/mol. The second-order valence-electron chi connectivity index (χ2n) is 5.89. The number of nitrogens with two attached hydrogens (primary N) is 1. The summed E-state index contributed by atoms with van der Waals surface area (Å²) >= 11 is 0. The number of nitro groups is 1. The first kappa shape index (κ1) is 19.2. The number of hydrogen-bond acceptors (Lipinski definition) is 6.